The van der Waals surface area contributed by atoms with Gasteiger partial charge < -0.3 is 4.74 Å². The number of sulfone groups is 1. The number of aryl methyl sites for hydroxylation is 1. The van der Waals surface area contributed by atoms with Crippen LogP contribution in [0.3, 0.4) is 0 Å². The second-order valence-electron chi connectivity index (χ2n) is 7.11. The number of carbonyl (C=O) groups excluding carboxylic acids is 1. The highest BCUT2D eigenvalue weighted by Gasteiger charge is 2.52. The van der Waals surface area contributed by atoms with Crippen LogP contribution in [0.25, 0.3) is 0 Å². The summed E-state index contributed by atoms with van der Waals surface area (Å²) in [6.45, 7) is 6.71. The van der Waals surface area contributed by atoms with Crippen molar-refractivity contribution in [2.45, 2.75) is 62.5 Å². The van der Waals surface area contributed by atoms with Gasteiger partial charge in [-0.2, -0.15) is 0 Å². The van der Waals surface area contributed by atoms with Gasteiger partial charge in [-0.25, -0.2) is 13.9 Å². The van der Waals surface area contributed by atoms with Gasteiger partial charge in [-0.15, -0.1) is 0 Å². The molecule has 0 spiro atoms. The van der Waals surface area contributed by atoms with Gasteiger partial charge in [-0.3, -0.25) is 10.0 Å². The predicted molar refractivity (Wildman–Crippen MR) is 103 cm³/mol. The summed E-state index contributed by atoms with van der Waals surface area (Å²) >= 11 is 0. The van der Waals surface area contributed by atoms with Gasteiger partial charge in [0.2, 0.25) is 0 Å². The van der Waals surface area contributed by atoms with Gasteiger partial charge >= 0.3 is 0 Å². The molecule has 1 amide bonds. The molecular weight excluding hydrogens is 366 g/mol. The van der Waals surface area contributed by atoms with Crippen molar-refractivity contribution in [2.24, 2.45) is 0 Å². The SMILES string of the molecule is CC/C(C)=C(/C)CCc1ccc(S(=O)(=O)C2(C(=O)NO)CCOCC2)cc1. The van der Waals surface area contributed by atoms with Crippen LogP contribution in [0, 0.1) is 0 Å². The van der Waals surface area contributed by atoms with Crippen molar-refractivity contribution in [3.8, 4) is 0 Å². The summed E-state index contributed by atoms with van der Waals surface area (Å²) in [5.74, 6) is -0.898. The molecule has 1 aliphatic rings. The van der Waals surface area contributed by atoms with E-state index in [1.807, 2.05) is 0 Å². The Balaban J connectivity index is 2.25. The minimum absolute atomic E-state index is 0.0176. The molecule has 6 nitrogen and oxygen atoms in total. The lowest BCUT2D eigenvalue weighted by atomic mass is 9.98. The molecule has 0 bridgehead atoms. The van der Waals surface area contributed by atoms with Crippen molar-refractivity contribution in [1.29, 1.82) is 0 Å². The number of rotatable bonds is 7. The summed E-state index contributed by atoms with van der Waals surface area (Å²) in [4.78, 5) is 12.3. The highest BCUT2D eigenvalue weighted by atomic mass is 32.2. The molecule has 2 rings (SSSR count). The topological polar surface area (TPSA) is 92.7 Å². The lowest BCUT2D eigenvalue weighted by molar-refractivity contribution is -0.134. The Labute approximate surface area is 161 Å². The number of hydroxylamine groups is 1. The first-order chi connectivity index (χ1) is 12.8. The lowest BCUT2D eigenvalue weighted by Crippen LogP contribution is -2.54. The van der Waals surface area contributed by atoms with E-state index in [0.29, 0.717) is 0 Å². The molecule has 1 fully saturated rings. The molecule has 0 radical (unpaired) electrons. The summed E-state index contributed by atoms with van der Waals surface area (Å²) in [6.07, 6.45) is 2.83. The van der Waals surface area contributed by atoms with Gasteiger partial charge in [0.05, 0.1) is 4.90 Å². The van der Waals surface area contributed by atoms with Crippen molar-refractivity contribution in [3.63, 3.8) is 0 Å². The van der Waals surface area contributed by atoms with Crippen LogP contribution < -0.4 is 5.48 Å². The second-order valence-corrected chi connectivity index (χ2v) is 9.37. The van der Waals surface area contributed by atoms with Gasteiger partial charge in [0.25, 0.3) is 5.91 Å². The van der Waals surface area contributed by atoms with Crippen LogP contribution >= 0.6 is 0 Å². The largest absolute Gasteiger partial charge is 0.381 e. The Morgan fingerprint density at radius 3 is 2.26 bits per heavy atom. The fourth-order valence-corrected chi connectivity index (χ4v) is 5.27. The monoisotopic (exact) mass is 395 g/mol. The Hall–Kier alpha value is -1.70. The first-order valence-corrected chi connectivity index (χ1v) is 10.8. The quantitative estimate of drug-likeness (QED) is 0.420. The highest BCUT2D eigenvalue weighted by Crippen LogP contribution is 2.35. The molecule has 0 unspecified atom stereocenters. The van der Waals surface area contributed by atoms with E-state index < -0.39 is 20.5 Å². The van der Waals surface area contributed by atoms with E-state index in [1.165, 1.54) is 16.6 Å². The maximum Gasteiger partial charge on any atom is 0.265 e. The van der Waals surface area contributed by atoms with Crippen LogP contribution in [0.4, 0.5) is 0 Å². The molecule has 150 valence electrons. The Morgan fingerprint density at radius 2 is 1.74 bits per heavy atom. The molecule has 1 saturated heterocycles. The third-order valence-corrected chi connectivity index (χ3v) is 8.13. The van der Waals surface area contributed by atoms with Crippen molar-refractivity contribution < 1.29 is 23.2 Å². The summed E-state index contributed by atoms with van der Waals surface area (Å²) in [5.41, 5.74) is 5.32. The normalized spacial score (nSPS) is 17.9. The Kier molecular flexibility index (Phi) is 7.19. The smallest absolute Gasteiger partial charge is 0.265 e. The highest BCUT2D eigenvalue weighted by molar-refractivity contribution is 7.93. The Morgan fingerprint density at radius 1 is 1.15 bits per heavy atom. The zero-order valence-electron chi connectivity index (χ0n) is 16.2. The minimum Gasteiger partial charge on any atom is -0.381 e. The van der Waals surface area contributed by atoms with E-state index in [4.69, 9.17) is 9.94 Å². The van der Waals surface area contributed by atoms with Gasteiger partial charge in [0.15, 0.2) is 14.6 Å². The number of benzene rings is 1. The first kappa shape index (κ1) is 21.6. The minimum atomic E-state index is -3.96. The third kappa shape index (κ3) is 4.42. The number of carbonyl (C=O) groups is 1. The van der Waals surface area contributed by atoms with Crippen molar-refractivity contribution in [2.75, 3.05) is 13.2 Å². The molecule has 2 N–H and O–H groups in total. The van der Waals surface area contributed by atoms with Crippen LogP contribution in [0.15, 0.2) is 40.3 Å². The molecular formula is C20H29NO5S. The number of amides is 1. The number of allylic oxidation sites excluding steroid dienone is 2. The van der Waals surface area contributed by atoms with Crippen molar-refractivity contribution in [3.05, 3.63) is 41.0 Å². The molecule has 0 aromatic heterocycles. The van der Waals surface area contributed by atoms with E-state index >= 15 is 0 Å². The molecule has 27 heavy (non-hydrogen) atoms. The van der Waals surface area contributed by atoms with E-state index in [-0.39, 0.29) is 31.0 Å². The van der Waals surface area contributed by atoms with E-state index in [2.05, 4.69) is 20.8 Å². The Bertz CT molecular complexity index is 790. The third-order valence-electron chi connectivity index (χ3n) is 5.61. The fourth-order valence-electron chi connectivity index (χ4n) is 3.33. The van der Waals surface area contributed by atoms with Crippen LogP contribution in [0.1, 0.15) is 52.0 Å². The van der Waals surface area contributed by atoms with E-state index in [0.717, 1.165) is 24.8 Å². The molecule has 0 saturated carbocycles. The molecule has 1 heterocycles. The number of hydrogen-bond donors (Lipinski definition) is 2. The van der Waals surface area contributed by atoms with Crippen LogP contribution in [0.5, 0.6) is 0 Å². The molecule has 1 aromatic rings. The van der Waals surface area contributed by atoms with Gasteiger partial charge in [-0.1, -0.05) is 30.2 Å². The van der Waals surface area contributed by atoms with Crippen molar-refractivity contribution in [1.82, 2.24) is 5.48 Å². The molecule has 1 aliphatic heterocycles. The average molecular weight is 396 g/mol. The lowest BCUT2D eigenvalue weighted by Gasteiger charge is -2.34. The molecule has 0 atom stereocenters. The van der Waals surface area contributed by atoms with Crippen LogP contribution in [0.2, 0.25) is 0 Å². The van der Waals surface area contributed by atoms with Crippen LogP contribution in [-0.2, 0) is 25.8 Å². The molecule has 0 aliphatic carbocycles. The summed E-state index contributed by atoms with van der Waals surface area (Å²) in [5, 5.41) is 9.08. The standard InChI is InChI=1S/C20H29NO5S/c1-4-15(2)16(3)5-6-17-7-9-18(10-8-17)27(24,25)20(19(22)21-23)11-13-26-14-12-20/h7-10,23H,4-6,11-14H2,1-3H3,(H,21,22)/b16-15-. The molecule has 7 heteroatoms. The van der Waals surface area contributed by atoms with E-state index in [1.54, 1.807) is 24.3 Å². The maximum absolute atomic E-state index is 13.2. The average Bonchev–Trinajstić information content (AvgIpc) is 2.71. The number of ether oxygens (including phenoxy) is 1. The van der Waals surface area contributed by atoms with Crippen molar-refractivity contribution >= 4 is 15.7 Å². The van der Waals surface area contributed by atoms with Crippen LogP contribution in [-0.4, -0.2) is 37.5 Å². The maximum atomic E-state index is 13.2. The van der Waals surface area contributed by atoms with E-state index in [9.17, 15) is 13.2 Å². The first-order valence-electron chi connectivity index (χ1n) is 9.29. The fraction of sp³-hybridized carbons (Fsp3) is 0.550. The van der Waals surface area contributed by atoms with Gasteiger partial charge in [0.1, 0.15) is 0 Å². The number of hydrogen-bond acceptors (Lipinski definition) is 5. The summed E-state index contributed by atoms with van der Waals surface area (Å²) in [6, 6.07) is 6.70. The molecule has 1 aromatic carbocycles. The number of nitrogens with one attached hydrogen (secondary N) is 1. The summed E-state index contributed by atoms with van der Waals surface area (Å²) < 4.78 is 29.9. The predicted octanol–water partition coefficient (Wildman–Crippen LogP) is 3.19. The van der Waals surface area contributed by atoms with Gasteiger partial charge in [-0.05, 0) is 63.6 Å². The zero-order valence-corrected chi connectivity index (χ0v) is 17.1. The van der Waals surface area contributed by atoms with Gasteiger partial charge in [0, 0.05) is 13.2 Å². The second kappa shape index (κ2) is 8.99. The zero-order chi connectivity index (χ0) is 20.1. The summed E-state index contributed by atoms with van der Waals surface area (Å²) in [7, 11) is -3.96.